The Morgan fingerprint density at radius 3 is 2.43 bits per heavy atom. The van der Waals surface area contributed by atoms with Gasteiger partial charge in [0.2, 0.25) is 0 Å². The van der Waals surface area contributed by atoms with Crippen molar-refractivity contribution in [2.45, 2.75) is 39.8 Å². The molecule has 0 aromatic heterocycles. The summed E-state index contributed by atoms with van der Waals surface area (Å²) in [6.45, 7) is 9.87. The number of rotatable bonds is 7. The Kier molecular flexibility index (Phi) is 6.12. The summed E-state index contributed by atoms with van der Waals surface area (Å²) in [6.07, 6.45) is 0. The Labute approximate surface area is 125 Å². The molecule has 0 atom stereocenters. The Morgan fingerprint density at radius 2 is 1.95 bits per heavy atom. The standard InChI is InChI=1S/C15H22N4O2/c1-11(2)18(12(3)4)8-7-17-14-9-13(10-16)5-6-15(14)19(20)21/h5-6,9,11-12,17H,7-8H2,1-4H3. The molecule has 0 bridgehead atoms. The highest BCUT2D eigenvalue weighted by Crippen LogP contribution is 2.25. The van der Waals surface area contributed by atoms with Gasteiger partial charge in [0, 0.05) is 31.2 Å². The molecular weight excluding hydrogens is 268 g/mol. The zero-order chi connectivity index (χ0) is 16.0. The lowest BCUT2D eigenvalue weighted by Crippen LogP contribution is -2.40. The molecule has 0 unspecified atom stereocenters. The van der Waals surface area contributed by atoms with Gasteiger partial charge >= 0.3 is 0 Å². The van der Waals surface area contributed by atoms with Crippen LogP contribution in [-0.2, 0) is 0 Å². The first-order valence-corrected chi connectivity index (χ1v) is 7.05. The third-order valence-corrected chi connectivity index (χ3v) is 3.33. The molecule has 0 spiro atoms. The van der Waals surface area contributed by atoms with E-state index in [1.54, 1.807) is 0 Å². The van der Waals surface area contributed by atoms with E-state index in [0.29, 0.717) is 29.9 Å². The van der Waals surface area contributed by atoms with E-state index < -0.39 is 4.92 Å². The smallest absolute Gasteiger partial charge is 0.292 e. The van der Waals surface area contributed by atoms with Crippen LogP contribution < -0.4 is 5.32 Å². The normalized spacial score (nSPS) is 11.0. The van der Waals surface area contributed by atoms with Gasteiger partial charge in [-0.15, -0.1) is 0 Å². The Morgan fingerprint density at radius 1 is 1.33 bits per heavy atom. The van der Waals surface area contributed by atoms with Crippen molar-refractivity contribution in [3.63, 3.8) is 0 Å². The lowest BCUT2D eigenvalue weighted by molar-refractivity contribution is -0.384. The van der Waals surface area contributed by atoms with Crippen LogP contribution in [0.5, 0.6) is 0 Å². The minimum Gasteiger partial charge on any atom is -0.378 e. The van der Waals surface area contributed by atoms with Crippen molar-refractivity contribution in [1.82, 2.24) is 4.90 Å². The average molecular weight is 290 g/mol. The number of nitrogens with one attached hydrogen (secondary N) is 1. The maximum Gasteiger partial charge on any atom is 0.292 e. The van der Waals surface area contributed by atoms with Gasteiger partial charge in [0.05, 0.1) is 16.6 Å². The summed E-state index contributed by atoms with van der Waals surface area (Å²) in [5.41, 5.74) is 0.800. The van der Waals surface area contributed by atoms with Gasteiger partial charge in [0.25, 0.3) is 5.69 Å². The minimum absolute atomic E-state index is 0.00496. The zero-order valence-corrected chi connectivity index (χ0v) is 13.0. The van der Waals surface area contributed by atoms with Crippen molar-refractivity contribution in [3.05, 3.63) is 33.9 Å². The summed E-state index contributed by atoms with van der Waals surface area (Å²) in [6, 6.07) is 7.16. The highest BCUT2D eigenvalue weighted by Gasteiger charge is 2.16. The van der Waals surface area contributed by atoms with E-state index in [2.05, 4.69) is 37.9 Å². The molecule has 0 radical (unpaired) electrons. The molecule has 1 N–H and O–H groups in total. The van der Waals surface area contributed by atoms with E-state index in [1.807, 2.05) is 6.07 Å². The monoisotopic (exact) mass is 290 g/mol. The second-order valence-corrected chi connectivity index (χ2v) is 5.45. The molecule has 0 saturated heterocycles. The second kappa shape index (κ2) is 7.60. The zero-order valence-electron chi connectivity index (χ0n) is 13.0. The third kappa shape index (κ3) is 4.72. The van der Waals surface area contributed by atoms with Gasteiger partial charge in [0.1, 0.15) is 5.69 Å². The Balaban J connectivity index is 2.79. The highest BCUT2D eigenvalue weighted by atomic mass is 16.6. The van der Waals surface area contributed by atoms with Gasteiger partial charge in [-0.05, 0) is 39.8 Å². The molecule has 114 valence electrons. The SMILES string of the molecule is CC(C)N(CCNc1cc(C#N)ccc1[N+](=O)[O-])C(C)C. The number of nitrogens with zero attached hydrogens (tertiary/aromatic N) is 3. The molecule has 6 nitrogen and oxygen atoms in total. The maximum absolute atomic E-state index is 11.0. The third-order valence-electron chi connectivity index (χ3n) is 3.33. The molecule has 1 aromatic rings. The quantitative estimate of drug-likeness (QED) is 0.616. The van der Waals surface area contributed by atoms with E-state index in [0.717, 1.165) is 6.54 Å². The van der Waals surface area contributed by atoms with Gasteiger partial charge < -0.3 is 5.32 Å². The molecule has 0 saturated carbocycles. The van der Waals surface area contributed by atoms with Crippen LogP contribution in [0.3, 0.4) is 0 Å². The molecular formula is C15H22N4O2. The van der Waals surface area contributed by atoms with Gasteiger partial charge in [0.15, 0.2) is 0 Å². The lowest BCUT2D eigenvalue weighted by Gasteiger charge is -2.30. The summed E-state index contributed by atoms with van der Waals surface area (Å²) in [5, 5.41) is 23.0. The van der Waals surface area contributed by atoms with Crippen LogP contribution in [0.15, 0.2) is 18.2 Å². The highest BCUT2D eigenvalue weighted by molar-refractivity contribution is 5.64. The summed E-state index contributed by atoms with van der Waals surface area (Å²) >= 11 is 0. The average Bonchev–Trinajstić information content (AvgIpc) is 2.42. The lowest BCUT2D eigenvalue weighted by atomic mass is 10.2. The van der Waals surface area contributed by atoms with Crippen LogP contribution in [0.25, 0.3) is 0 Å². The number of nitro benzene ring substituents is 1. The van der Waals surface area contributed by atoms with Gasteiger partial charge in [-0.3, -0.25) is 15.0 Å². The predicted molar refractivity (Wildman–Crippen MR) is 83.3 cm³/mol. The fraction of sp³-hybridized carbons (Fsp3) is 0.533. The predicted octanol–water partition coefficient (Wildman–Crippen LogP) is 3.00. The van der Waals surface area contributed by atoms with Crippen LogP contribution >= 0.6 is 0 Å². The topological polar surface area (TPSA) is 82.2 Å². The first-order valence-electron chi connectivity index (χ1n) is 7.05. The van der Waals surface area contributed by atoms with Gasteiger partial charge in [-0.2, -0.15) is 5.26 Å². The van der Waals surface area contributed by atoms with Crippen molar-refractivity contribution >= 4 is 11.4 Å². The number of hydrogen-bond donors (Lipinski definition) is 1. The summed E-state index contributed by atoms with van der Waals surface area (Å²) < 4.78 is 0. The van der Waals surface area contributed by atoms with Crippen LogP contribution in [0.4, 0.5) is 11.4 Å². The molecule has 6 heteroatoms. The Hall–Kier alpha value is -2.13. The summed E-state index contributed by atoms with van der Waals surface area (Å²) in [4.78, 5) is 12.9. The molecule has 1 aromatic carbocycles. The number of anilines is 1. The minimum atomic E-state index is -0.438. The summed E-state index contributed by atoms with van der Waals surface area (Å²) in [7, 11) is 0. The number of benzene rings is 1. The second-order valence-electron chi connectivity index (χ2n) is 5.45. The van der Waals surface area contributed by atoms with Crippen molar-refractivity contribution in [2.75, 3.05) is 18.4 Å². The molecule has 0 aliphatic carbocycles. The van der Waals surface area contributed by atoms with Crippen LogP contribution in [0.1, 0.15) is 33.3 Å². The van der Waals surface area contributed by atoms with E-state index in [4.69, 9.17) is 5.26 Å². The molecule has 0 fully saturated rings. The van der Waals surface area contributed by atoms with E-state index in [-0.39, 0.29) is 5.69 Å². The number of nitro groups is 1. The number of hydrogen-bond acceptors (Lipinski definition) is 5. The van der Waals surface area contributed by atoms with Crippen LogP contribution in [0.2, 0.25) is 0 Å². The van der Waals surface area contributed by atoms with Crippen LogP contribution in [-0.4, -0.2) is 35.0 Å². The molecule has 0 amide bonds. The van der Waals surface area contributed by atoms with Crippen molar-refractivity contribution in [2.24, 2.45) is 0 Å². The first-order chi connectivity index (χ1) is 9.86. The van der Waals surface area contributed by atoms with Gasteiger partial charge in [-0.1, -0.05) is 0 Å². The number of nitriles is 1. The largest absolute Gasteiger partial charge is 0.378 e. The van der Waals surface area contributed by atoms with Gasteiger partial charge in [-0.25, -0.2) is 0 Å². The van der Waals surface area contributed by atoms with E-state index in [1.165, 1.54) is 18.2 Å². The van der Waals surface area contributed by atoms with Crippen molar-refractivity contribution < 1.29 is 4.92 Å². The van der Waals surface area contributed by atoms with Crippen LogP contribution in [0, 0.1) is 21.4 Å². The molecule has 0 heterocycles. The molecule has 1 rings (SSSR count). The maximum atomic E-state index is 11.0. The molecule has 21 heavy (non-hydrogen) atoms. The van der Waals surface area contributed by atoms with E-state index in [9.17, 15) is 10.1 Å². The van der Waals surface area contributed by atoms with Crippen molar-refractivity contribution in [3.8, 4) is 6.07 Å². The fourth-order valence-corrected chi connectivity index (χ4v) is 2.34. The van der Waals surface area contributed by atoms with E-state index >= 15 is 0 Å². The fourth-order valence-electron chi connectivity index (χ4n) is 2.34. The summed E-state index contributed by atoms with van der Waals surface area (Å²) in [5.74, 6) is 0. The first kappa shape index (κ1) is 16.9. The molecule has 0 aliphatic heterocycles. The Bertz CT molecular complexity index is 527. The molecule has 0 aliphatic rings. The van der Waals surface area contributed by atoms with Crippen molar-refractivity contribution in [1.29, 1.82) is 5.26 Å².